The van der Waals surface area contributed by atoms with Gasteiger partial charge in [0.25, 0.3) is 5.91 Å². The van der Waals surface area contributed by atoms with Gasteiger partial charge < -0.3 is 15.4 Å². The third-order valence-corrected chi connectivity index (χ3v) is 7.97. The maximum atomic E-state index is 14.8. The maximum Gasteiger partial charge on any atom is 0.306 e. The van der Waals surface area contributed by atoms with Gasteiger partial charge in [0, 0.05) is 40.7 Å². The van der Waals surface area contributed by atoms with Crippen LogP contribution in [0.15, 0.2) is 47.1 Å². The predicted octanol–water partition coefficient (Wildman–Crippen LogP) is 5.50. The van der Waals surface area contributed by atoms with Crippen molar-refractivity contribution >= 4 is 56.3 Å². The van der Waals surface area contributed by atoms with E-state index in [-0.39, 0.29) is 42.5 Å². The van der Waals surface area contributed by atoms with Crippen molar-refractivity contribution in [2.75, 3.05) is 0 Å². The minimum Gasteiger partial charge on any atom is -0.460 e. The monoisotopic (exact) mass is 680 g/mol. The van der Waals surface area contributed by atoms with E-state index in [2.05, 4.69) is 26.0 Å². The summed E-state index contributed by atoms with van der Waals surface area (Å²) in [6.07, 6.45) is -0.0380. The topological polar surface area (TPSA) is 144 Å². The predicted molar refractivity (Wildman–Crippen MR) is 164 cm³/mol. The molecule has 2 amide bonds. The van der Waals surface area contributed by atoms with E-state index in [9.17, 15) is 24.0 Å². The van der Waals surface area contributed by atoms with Crippen LogP contribution < -0.4 is 5.73 Å². The lowest BCUT2D eigenvalue weighted by atomic mass is 10.0. The third-order valence-electron chi connectivity index (χ3n) is 7.10. The molecule has 13 heteroatoms. The molecule has 1 aliphatic heterocycles. The molecule has 4 aromatic rings. The number of rotatable bonds is 8. The number of nitrogens with two attached hydrogens (primary N) is 1. The smallest absolute Gasteiger partial charge is 0.306 e. The molecule has 226 valence electrons. The summed E-state index contributed by atoms with van der Waals surface area (Å²) in [6.45, 7) is 5.56. The molecule has 5 rings (SSSR count). The molecule has 0 radical (unpaired) electrons. The van der Waals surface area contributed by atoms with Crippen molar-refractivity contribution in [3.8, 4) is 17.2 Å². The summed E-state index contributed by atoms with van der Waals surface area (Å²) in [7, 11) is 0. The van der Waals surface area contributed by atoms with Gasteiger partial charge in [-0.15, -0.1) is 0 Å². The zero-order chi connectivity index (χ0) is 31.9. The highest BCUT2D eigenvalue weighted by Gasteiger charge is 2.36. The first kappa shape index (κ1) is 31.1. The zero-order valence-electron chi connectivity index (χ0n) is 24.0. The van der Waals surface area contributed by atoms with Crippen LogP contribution >= 0.6 is 27.5 Å². The van der Waals surface area contributed by atoms with Crippen LogP contribution in [0.1, 0.15) is 60.7 Å². The van der Waals surface area contributed by atoms with Crippen LogP contribution in [-0.2, 0) is 27.4 Å². The first-order valence-electron chi connectivity index (χ1n) is 13.6. The lowest BCUT2D eigenvalue weighted by molar-refractivity contribution is -0.155. The Labute approximate surface area is 265 Å². The van der Waals surface area contributed by atoms with Crippen LogP contribution in [0, 0.1) is 17.3 Å². The average Bonchev–Trinajstić information content (AvgIpc) is 3.42. The molecular weight excluding hydrogens is 655 g/mol. The molecule has 2 aromatic carbocycles. The zero-order valence-corrected chi connectivity index (χ0v) is 26.4. The fourth-order valence-corrected chi connectivity index (χ4v) is 6.10. The summed E-state index contributed by atoms with van der Waals surface area (Å²) >= 11 is 9.92. The molecular formula is C31H27BrClFN6O4. The number of carbonyl (C=O) groups is 3. The number of primary amides is 1. The number of aromatic nitrogens is 3. The molecule has 0 unspecified atom stereocenters. The number of ether oxygens (including phenoxy) is 1. The second-order valence-corrected chi connectivity index (χ2v) is 12.6. The summed E-state index contributed by atoms with van der Waals surface area (Å²) in [5, 5.41) is 14.5. The summed E-state index contributed by atoms with van der Waals surface area (Å²) in [5.74, 6) is -2.29. The average molecular weight is 682 g/mol. The molecule has 0 saturated carbocycles. The molecule has 10 nitrogen and oxygen atoms in total. The Balaban J connectivity index is 1.41. The highest BCUT2D eigenvalue weighted by molar-refractivity contribution is 9.10. The second-order valence-electron chi connectivity index (χ2n) is 11.4. The summed E-state index contributed by atoms with van der Waals surface area (Å²) in [6, 6.07) is 12.3. The van der Waals surface area contributed by atoms with Crippen molar-refractivity contribution in [1.29, 1.82) is 5.26 Å². The van der Waals surface area contributed by atoms with Crippen molar-refractivity contribution in [2.24, 2.45) is 5.73 Å². The number of hydrogen-bond donors (Lipinski definition) is 1. The SMILES string of the molecule is CC(C)(C)OC(=O)CC[C@@H](C(N)=O)N1Cc2cc(Cn3nc(Br)c4c(-c5ccc(C#N)cc5Cl)cc(F)nc43)ccc2C1=O. The Hall–Kier alpha value is -4.34. The number of amides is 2. The Bertz CT molecular complexity index is 1880. The lowest BCUT2D eigenvalue weighted by Gasteiger charge is -2.25. The summed E-state index contributed by atoms with van der Waals surface area (Å²) in [5.41, 5.74) is 8.43. The first-order chi connectivity index (χ1) is 20.8. The molecule has 0 bridgehead atoms. The van der Waals surface area contributed by atoms with Gasteiger partial charge in [-0.2, -0.15) is 19.7 Å². The Morgan fingerprint density at radius 2 is 1.91 bits per heavy atom. The van der Waals surface area contributed by atoms with E-state index >= 15 is 0 Å². The van der Waals surface area contributed by atoms with Crippen LogP contribution in [0.4, 0.5) is 4.39 Å². The lowest BCUT2D eigenvalue weighted by Crippen LogP contribution is -2.45. The van der Waals surface area contributed by atoms with Gasteiger partial charge in [-0.05, 0) is 72.4 Å². The van der Waals surface area contributed by atoms with Crippen LogP contribution in [0.25, 0.3) is 22.2 Å². The third kappa shape index (κ3) is 6.30. The van der Waals surface area contributed by atoms with Gasteiger partial charge in [-0.25, -0.2) is 4.68 Å². The van der Waals surface area contributed by atoms with Crippen molar-refractivity contribution in [3.63, 3.8) is 0 Å². The number of nitrogens with zero attached hydrogens (tertiary/aromatic N) is 5. The van der Waals surface area contributed by atoms with Crippen LogP contribution in [0.2, 0.25) is 5.02 Å². The minimum absolute atomic E-state index is 0.0347. The van der Waals surface area contributed by atoms with Gasteiger partial charge in [-0.3, -0.25) is 14.4 Å². The van der Waals surface area contributed by atoms with Gasteiger partial charge in [-0.1, -0.05) is 29.8 Å². The van der Waals surface area contributed by atoms with E-state index in [4.69, 9.17) is 22.1 Å². The minimum atomic E-state index is -0.989. The Morgan fingerprint density at radius 1 is 1.18 bits per heavy atom. The van der Waals surface area contributed by atoms with Gasteiger partial charge in [0.05, 0.1) is 23.6 Å². The number of benzene rings is 2. The number of hydrogen-bond acceptors (Lipinski definition) is 7. The summed E-state index contributed by atoms with van der Waals surface area (Å²) in [4.78, 5) is 43.3. The van der Waals surface area contributed by atoms with E-state index in [1.165, 1.54) is 21.7 Å². The normalized spacial score (nSPS) is 13.6. The number of halogens is 3. The fraction of sp³-hybridized carbons (Fsp3) is 0.290. The molecule has 0 aliphatic carbocycles. The number of fused-ring (bicyclic) bond motifs is 2. The van der Waals surface area contributed by atoms with Gasteiger partial charge in [0.15, 0.2) is 5.65 Å². The van der Waals surface area contributed by atoms with Gasteiger partial charge in [0.2, 0.25) is 11.9 Å². The molecule has 1 aliphatic rings. The van der Waals surface area contributed by atoms with Crippen molar-refractivity contribution in [3.05, 3.63) is 80.3 Å². The Kier molecular flexibility index (Phi) is 8.46. The molecule has 1 atom stereocenters. The Morgan fingerprint density at radius 3 is 2.57 bits per heavy atom. The number of carbonyl (C=O) groups excluding carboxylic acids is 3. The molecule has 0 spiro atoms. The number of nitriles is 1. The van der Waals surface area contributed by atoms with Crippen LogP contribution in [0.5, 0.6) is 0 Å². The standard InChI is InChI=1S/C31H27BrClFN6O4/c1-31(2,3)44-25(41)9-8-23(28(36)42)39-15-18-10-17(5-6-19(18)30(39)43)14-40-29-26(27(32)38-40)21(12-24(34)37-29)20-7-4-16(13-35)11-22(20)33/h4-7,10-12,23H,8-9,14-15H2,1-3H3,(H2,36,42)/t23-/m0/s1. The molecule has 2 N–H and O–H groups in total. The van der Waals surface area contributed by atoms with Gasteiger partial charge in [0.1, 0.15) is 16.2 Å². The first-order valence-corrected chi connectivity index (χ1v) is 14.8. The van der Waals surface area contributed by atoms with E-state index in [0.29, 0.717) is 37.8 Å². The van der Waals surface area contributed by atoms with Crippen LogP contribution in [0.3, 0.4) is 0 Å². The van der Waals surface area contributed by atoms with E-state index in [0.717, 1.165) is 5.56 Å². The molecule has 3 heterocycles. The quantitative estimate of drug-likeness (QED) is 0.191. The number of pyridine rings is 1. The summed E-state index contributed by atoms with van der Waals surface area (Å²) < 4.78 is 22.1. The maximum absolute atomic E-state index is 14.8. The highest BCUT2D eigenvalue weighted by atomic mass is 79.9. The van der Waals surface area contributed by atoms with Crippen molar-refractivity contribution in [1.82, 2.24) is 19.7 Å². The fourth-order valence-electron chi connectivity index (χ4n) is 5.24. The second kappa shape index (κ2) is 12.0. The molecule has 0 fully saturated rings. The van der Waals surface area contributed by atoms with E-state index in [1.54, 1.807) is 45.0 Å². The van der Waals surface area contributed by atoms with Crippen LogP contribution in [-0.4, -0.2) is 49.1 Å². The van der Waals surface area contributed by atoms with Gasteiger partial charge >= 0.3 is 5.97 Å². The molecule has 2 aromatic heterocycles. The highest BCUT2D eigenvalue weighted by Crippen LogP contribution is 2.37. The van der Waals surface area contributed by atoms with Crippen molar-refractivity contribution < 1.29 is 23.5 Å². The molecule has 44 heavy (non-hydrogen) atoms. The van der Waals surface area contributed by atoms with E-state index in [1.807, 2.05) is 12.1 Å². The largest absolute Gasteiger partial charge is 0.460 e. The van der Waals surface area contributed by atoms with Crippen molar-refractivity contribution in [2.45, 2.75) is 58.3 Å². The molecule has 0 saturated heterocycles. The number of esters is 1. The van der Waals surface area contributed by atoms with E-state index < -0.39 is 29.5 Å².